The van der Waals surface area contributed by atoms with E-state index in [1.807, 2.05) is 11.0 Å². The van der Waals surface area contributed by atoms with Crippen LogP contribution in [0.3, 0.4) is 0 Å². The fourth-order valence-corrected chi connectivity index (χ4v) is 4.13. The first-order chi connectivity index (χ1) is 14.7. The molecule has 0 bridgehead atoms. The van der Waals surface area contributed by atoms with Crippen molar-refractivity contribution in [1.29, 1.82) is 0 Å². The average Bonchev–Trinajstić information content (AvgIpc) is 2.73. The number of nitrogens with zero attached hydrogens (tertiary/aromatic N) is 2. The van der Waals surface area contributed by atoms with Gasteiger partial charge < -0.3 is 19.9 Å². The van der Waals surface area contributed by atoms with Crippen molar-refractivity contribution < 1.29 is 9.53 Å². The maximum absolute atomic E-state index is 12.5. The summed E-state index contributed by atoms with van der Waals surface area (Å²) >= 11 is 3.60. The molecule has 1 saturated heterocycles. The third-order valence-electron chi connectivity index (χ3n) is 5.59. The Morgan fingerprint density at radius 2 is 1.84 bits per heavy atom. The molecule has 0 aliphatic carbocycles. The SMILES string of the molecule is Cc1cccc(N2CCN(C(=O)NCCCOc3ccc(C(C)(C)C)cc3Br)CC2)c1. The maximum atomic E-state index is 12.5. The third kappa shape index (κ3) is 6.63. The van der Waals surface area contributed by atoms with E-state index < -0.39 is 0 Å². The van der Waals surface area contributed by atoms with E-state index in [0.717, 1.165) is 42.8 Å². The van der Waals surface area contributed by atoms with Crippen LogP contribution in [0, 0.1) is 6.92 Å². The molecule has 1 fully saturated rings. The molecule has 0 unspecified atom stereocenters. The summed E-state index contributed by atoms with van der Waals surface area (Å²) in [6.45, 7) is 13.1. The molecule has 3 rings (SSSR count). The number of amides is 2. The van der Waals surface area contributed by atoms with E-state index in [4.69, 9.17) is 4.74 Å². The van der Waals surface area contributed by atoms with Gasteiger partial charge in [0, 0.05) is 38.4 Å². The lowest BCUT2D eigenvalue weighted by Crippen LogP contribution is -2.52. The summed E-state index contributed by atoms with van der Waals surface area (Å²) < 4.78 is 6.85. The number of hydrogen-bond acceptors (Lipinski definition) is 3. The minimum Gasteiger partial charge on any atom is -0.492 e. The zero-order valence-electron chi connectivity index (χ0n) is 19.1. The number of rotatable bonds is 6. The molecule has 1 heterocycles. The number of piperazine rings is 1. The molecule has 2 aromatic carbocycles. The van der Waals surface area contributed by atoms with Gasteiger partial charge in [-0.25, -0.2) is 4.79 Å². The van der Waals surface area contributed by atoms with Crippen molar-refractivity contribution in [1.82, 2.24) is 10.2 Å². The van der Waals surface area contributed by atoms with Gasteiger partial charge in [-0.3, -0.25) is 0 Å². The van der Waals surface area contributed by atoms with Crippen LogP contribution in [0.15, 0.2) is 46.9 Å². The van der Waals surface area contributed by atoms with Gasteiger partial charge in [0.05, 0.1) is 11.1 Å². The Balaban J connectivity index is 1.36. The number of anilines is 1. The number of carbonyl (C=O) groups excluding carboxylic acids is 1. The van der Waals surface area contributed by atoms with Crippen molar-refractivity contribution >= 4 is 27.6 Å². The van der Waals surface area contributed by atoms with Gasteiger partial charge in [0.2, 0.25) is 0 Å². The zero-order chi connectivity index (χ0) is 22.4. The summed E-state index contributed by atoms with van der Waals surface area (Å²) in [6.07, 6.45) is 0.766. The van der Waals surface area contributed by atoms with Crippen LogP contribution < -0.4 is 15.0 Å². The molecule has 168 valence electrons. The summed E-state index contributed by atoms with van der Waals surface area (Å²) in [6, 6.07) is 14.8. The van der Waals surface area contributed by atoms with Crippen molar-refractivity contribution in [2.75, 3.05) is 44.2 Å². The van der Waals surface area contributed by atoms with Crippen LogP contribution in [-0.2, 0) is 5.41 Å². The maximum Gasteiger partial charge on any atom is 0.317 e. The molecule has 1 aliphatic heterocycles. The largest absolute Gasteiger partial charge is 0.492 e. The number of nitrogens with one attached hydrogen (secondary N) is 1. The molecule has 0 aromatic heterocycles. The second-order valence-electron chi connectivity index (χ2n) is 9.14. The highest BCUT2D eigenvalue weighted by atomic mass is 79.9. The van der Waals surface area contributed by atoms with Gasteiger partial charge in [0.25, 0.3) is 0 Å². The minimum atomic E-state index is 0.0135. The summed E-state index contributed by atoms with van der Waals surface area (Å²) in [5, 5.41) is 3.02. The van der Waals surface area contributed by atoms with Crippen molar-refractivity contribution in [3.63, 3.8) is 0 Å². The molecule has 0 saturated carbocycles. The number of ether oxygens (including phenoxy) is 1. The molecular formula is C25H34BrN3O2. The zero-order valence-corrected chi connectivity index (χ0v) is 20.7. The van der Waals surface area contributed by atoms with Crippen LogP contribution in [0.2, 0.25) is 0 Å². The van der Waals surface area contributed by atoms with Crippen LogP contribution in [0.1, 0.15) is 38.3 Å². The molecule has 1 N–H and O–H groups in total. The van der Waals surface area contributed by atoms with Gasteiger partial charge >= 0.3 is 6.03 Å². The van der Waals surface area contributed by atoms with Crippen molar-refractivity contribution in [3.05, 3.63) is 58.1 Å². The highest BCUT2D eigenvalue weighted by Crippen LogP contribution is 2.31. The van der Waals surface area contributed by atoms with E-state index >= 15 is 0 Å². The van der Waals surface area contributed by atoms with Crippen LogP contribution >= 0.6 is 15.9 Å². The molecule has 0 spiro atoms. The molecule has 2 aromatic rings. The number of urea groups is 1. The van der Waals surface area contributed by atoms with E-state index in [0.29, 0.717) is 13.2 Å². The summed E-state index contributed by atoms with van der Waals surface area (Å²) in [5.74, 6) is 0.839. The molecule has 1 aliphatic rings. The highest BCUT2D eigenvalue weighted by molar-refractivity contribution is 9.10. The molecule has 5 nitrogen and oxygen atoms in total. The van der Waals surface area contributed by atoms with Crippen molar-refractivity contribution in [2.45, 2.75) is 39.5 Å². The lowest BCUT2D eigenvalue weighted by atomic mass is 9.87. The lowest BCUT2D eigenvalue weighted by Gasteiger charge is -2.36. The Morgan fingerprint density at radius 3 is 2.48 bits per heavy atom. The third-order valence-corrected chi connectivity index (χ3v) is 6.21. The van der Waals surface area contributed by atoms with Crippen LogP contribution in [0.5, 0.6) is 5.75 Å². The second kappa shape index (κ2) is 10.4. The van der Waals surface area contributed by atoms with Crippen LogP contribution in [0.4, 0.5) is 10.5 Å². The van der Waals surface area contributed by atoms with Crippen LogP contribution in [-0.4, -0.2) is 50.3 Å². The van der Waals surface area contributed by atoms with E-state index in [1.165, 1.54) is 16.8 Å². The van der Waals surface area contributed by atoms with Gasteiger partial charge in [-0.1, -0.05) is 39.0 Å². The Morgan fingerprint density at radius 1 is 1.10 bits per heavy atom. The normalized spacial score (nSPS) is 14.5. The molecule has 0 radical (unpaired) electrons. The predicted molar refractivity (Wildman–Crippen MR) is 131 cm³/mol. The standard InChI is InChI=1S/C25H34BrN3O2/c1-19-7-5-8-21(17-19)28-12-14-29(15-13-28)24(30)27-11-6-16-31-23-10-9-20(18-22(23)26)25(2,3)4/h5,7-10,17-18H,6,11-16H2,1-4H3,(H,27,30). The first-order valence-corrected chi connectivity index (χ1v) is 11.8. The second-order valence-corrected chi connectivity index (χ2v) is 10.00. The minimum absolute atomic E-state index is 0.0135. The first-order valence-electron chi connectivity index (χ1n) is 11.0. The Labute approximate surface area is 194 Å². The van der Waals surface area contributed by atoms with Gasteiger partial charge in [-0.05, 0) is 70.1 Å². The summed E-state index contributed by atoms with van der Waals surface area (Å²) in [4.78, 5) is 16.7. The molecule has 2 amide bonds. The van der Waals surface area contributed by atoms with Crippen molar-refractivity contribution in [2.24, 2.45) is 0 Å². The fourth-order valence-electron chi connectivity index (χ4n) is 3.64. The fraction of sp³-hybridized carbons (Fsp3) is 0.480. The van der Waals surface area contributed by atoms with E-state index in [-0.39, 0.29) is 11.4 Å². The van der Waals surface area contributed by atoms with Crippen molar-refractivity contribution in [3.8, 4) is 5.75 Å². The van der Waals surface area contributed by atoms with E-state index in [2.05, 4.69) is 90.2 Å². The Bertz CT molecular complexity index is 887. The first kappa shape index (κ1) is 23.5. The van der Waals surface area contributed by atoms with Gasteiger partial charge in [0.1, 0.15) is 5.75 Å². The number of aryl methyl sites for hydroxylation is 1. The predicted octanol–water partition coefficient (Wildman–Crippen LogP) is 5.36. The Kier molecular flexibility index (Phi) is 7.87. The number of halogens is 1. The molecule has 0 atom stereocenters. The smallest absolute Gasteiger partial charge is 0.317 e. The number of benzene rings is 2. The van der Waals surface area contributed by atoms with Gasteiger partial charge in [-0.15, -0.1) is 0 Å². The number of carbonyl (C=O) groups is 1. The summed E-state index contributed by atoms with van der Waals surface area (Å²) in [5.41, 5.74) is 3.87. The van der Waals surface area contributed by atoms with Gasteiger partial charge in [0.15, 0.2) is 0 Å². The van der Waals surface area contributed by atoms with E-state index in [1.54, 1.807) is 0 Å². The van der Waals surface area contributed by atoms with Gasteiger partial charge in [-0.2, -0.15) is 0 Å². The summed E-state index contributed by atoms with van der Waals surface area (Å²) in [7, 11) is 0. The Hall–Kier alpha value is -2.21. The topological polar surface area (TPSA) is 44.8 Å². The van der Waals surface area contributed by atoms with E-state index in [9.17, 15) is 4.79 Å². The molecule has 31 heavy (non-hydrogen) atoms. The average molecular weight is 488 g/mol. The lowest BCUT2D eigenvalue weighted by molar-refractivity contribution is 0.193. The monoisotopic (exact) mass is 487 g/mol. The highest BCUT2D eigenvalue weighted by Gasteiger charge is 2.21. The number of hydrogen-bond donors (Lipinski definition) is 1. The molecule has 6 heteroatoms. The molecular weight excluding hydrogens is 454 g/mol. The van der Waals surface area contributed by atoms with Crippen LogP contribution in [0.25, 0.3) is 0 Å². The quantitative estimate of drug-likeness (QED) is 0.558.